The molecule has 2 aromatic rings. The number of nitrogens with zero attached hydrogens (tertiary/aromatic N) is 1. The third-order valence-corrected chi connectivity index (χ3v) is 3.99. The van der Waals surface area contributed by atoms with E-state index in [0.29, 0.717) is 11.3 Å². The Morgan fingerprint density at radius 2 is 1.67 bits per heavy atom. The van der Waals surface area contributed by atoms with Crippen molar-refractivity contribution in [3.05, 3.63) is 77.0 Å². The second-order valence-corrected chi connectivity index (χ2v) is 6.33. The molecular formula is C20H19NO3. The van der Waals surface area contributed by atoms with E-state index in [2.05, 4.69) is 0 Å². The van der Waals surface area contributed by atoms with E-state index in [1.807, 2.05) is 43.3 Å². The highest BCUT2D eigenvalue weighted by Gasteiger charge is 2.46. The number of benzene rings is 2. The van der Waals surface area contributed by atoms with Gasteiger partial charge in [0.25, 0.3) is 5.91 Å². The van der Waals surface area contributed by atoms with Gasteiger partial charge in [-0.25, -0.2) is 9.69 Å². The summed E-state index contributed by atoms with van der Waals surface area (Å²) in [5.41, 5.74) is 2.17. The molecule has 122 valence electrons. The highest BCUT2D eigenvalue weighted by molar-refractivity contribution is 6.06. The van der Waals surface area contributed by atoms with Crippen molar-refractivity contribution in [3.8, 4) is 0 Å². The number of rotatable bonds is 2. The first-order chi connectivity index (χ1) is 11.4. The monoisotopic (exact) mass is 321 g/mol. The largest absolute Gasteiger partial charge is 0.436 e. The molecule has 2 aromatic carbocycles. The van der Waals surface area contributed by atoms with Crippen LogP contribution in [0.5, 0.6) is 0 Å². The molecular weight excluding hydrogens is 302 g/mol. The normalized spacial score (nSPS) is 17.9. The first-order valence-electron chi connectivity index (χ1n) is 7.80. The minimum absolute atomic E-state index is 0.385. The Labute approximate surface area is 141 Å². The maximum Gasteiger partial charge on any atom is 0.422 e. The van der Waals surface area contributed by atoms with Gasteiger partial charge in [-0.3, -0.25) is 4.79 Å². The molecule has 1 aliphatic rings. The quantitative estimate of drug-likeness (QED) is 0.823. The molecule has 0 bridgehead atoms. The number of hydrogen-bond acceptors (Lipinski definition) is 3. The van der Waals surface area contributed by atoms with Crippen LogP contribution < -0.4 is 0 Å². The molecule has 0 atom stereocenters. The lowest BCUT2D eigenvalue weighted by Gasteiger charge is -2.20. The van der Waals surface area contributed by atoms with Crippen LogP contribution in [0.2, 0.25) is 0 Å². The number of carbonyl (C=O) groups excluding carboxylic acids is 2. The maximum absolute atomic E-state index is 12.8. The fraction of sp³-hybridized carbons (Fsp3) is 0.200. The Morgan fingerprint density at radius 1 is 1.04 bits per heavy atom. The minimum atomic E-state index is -0.869. The number of amides is 2. The first-order valence-corrected chi connectivity index (χ1v) is 7.80. The Bertz CT molecular complexity index is 805. The molecule has 1 heterocycles. The van der Waals surface area contributed by atoms with Gasteiger partial charge >= 0.3 is 6.09 Å². The lowest BCUT2D eigenvalue weighted by atomic mass is 10.0. The van der Waals surface area contributed by atoms with Crippen molar-refractivity contribution in [2.45, 2.75) is 26.4 Å². The molecule has 0 unspecified atom stereocenters. The number of carbonyl (C=O) groups is 2. The molecule has 0 spiro atoms. The highest BCUT2D eigenvalue weighted by atomic mass is 16.6. The molecule has 3 rings (SSSR count). The van der Waals surface area contributed by atoms with E-state index in [1.54, 1.807) is 38.1 Å². The average Bonchev–Trinajstić information content (AvgIpc) is 2.78. The van der Waals surface area contributed by atoms with Gasteiger partial charge in [-0.05, 0) is 44.5 Å². The summed E-state index contributed by atoms with van der Waals surface area (Å²) in [5, 5.41) is 0. The summed E-state index contributed by atoms with van der Waals surface area (Å²) in [6.07, 6.45) is 1.18. The summed E-state index contributed by atoms with van der Waals surface area (Å²) < 4.78 is 5.41. The Morgan fingerprint density at radius 3 is 2.29 bits per heavy atom. The fourth-order valence-corrected chi connectivity index (χ4v) is 2.64. The molecule has 24 heavy (non-hydrogen) atoms. The standard InChI is InChI=1S/C20H19NO3/c1-14-9-11-15(12-10-14)13-17-20(2,3)24-19(23)21(17)18(22)16-7-5-4-6-8-16/h4-13H,1-3H3/b17-13-. The van der Waals surface area contributed by atoms with E-state index in [4.69, 9.17) is 4.74 Å². The van der Waals surface area contributed by atoms with Crippen molar-refractivity contribution in [2.24, 2.45) is 0 Å². The van der Waals surface area contributed by atoms with E-state index in [-0.39, 0.29) is 5.91 Å². The molecule has 0 N–H and O–H groups in total. The van der Waals surface area contributed by atoms with Crippen LogP contribution in [0, 0.1) is 6.92 Å². The summed E-state index contributed by atoms with van der Waals surface area (Å²) in [5.74, 6) is -0.385. The van der Waals surface area contributed by atoms with E-state index in [1.165, 1.54) is 0 Å². The summed E-state index contributed by atoms with van der Waals surface area (Å²) >= 11 is 0. The molecule has 4 nitrogen and oxygen atoms in total. The summed E-state index contributed by atoms with van der Waals surface area (Å²) in [4.78, 5) is 26.2. The molecule has 0 radical (unpaired) electrons. The number of ether oxygens (including phenoxy) is 1. The lowest BCUT2D eigenvalue weighted by molar-refractivity contribution is 0.0792. The number of hydrogen-bond donors (Lipinski definition) is 0. The third-order valence-electron chi connectivity index (χ3n) is 3.99. The van der Waals surface area contributed by atoms with Gasteiger partial charge in [0.1, 0.15) is 5.60 Å². The van der Waals surface area contributed by atoms with Gasteiger partial charge in [-0.15, -0.1) is 0 Å². The van der Waals surface area contributed by atoms with Crippen LogP contribution in [-0.2, 0) is 4.74 Å². The molecule has 0 aliphatic carbocycles. The van der Waals surface area contributed by atoms with Crippen LogP contribution in [0.1, 0.15) is 35.3 Å². The van der Waals surface area contributed by atoms with Gasteiger partial charge in [0.2, 0.25) is 0 Å². The zero-order chi connectivity index (χ0) is 17.3. The van der Waals surface area contributed by atoms with Crippen molar-refractivity contribution in [2.75, 3.05) is 0 Å². The van der Waals surface area contributed by atoms with Crippen LogP contribution in [-0.4, -0.2) is 22.5 Å². The second kappa shape index (κ2) is 5.96. The molecule has 0 aromatic heterocycles. The van der Waals surface area contributed by atoms with E-state index in [0.717, 1.165) is 16.0 Å². The van der Waals surface area contributed by atoms with Crippen LogP contribution in [0.25, 0.3) is 6.08 Å². The predicted octanol–water partition coefficient (Wildman–Crippen LogP) is 4.41. The smallest absolute Gasteiger partial charge is 0.422 e. The van der Waals surface area contributed by atoms with Gasteiger partial charge in [0.15, 0.2) is 0 Å². The molecule has 0 saturated carbocycles. The van der Waals surface area contributed by atoms with E-state index >= 15 is 0 Å². The van der Waals surface area contributed by atoms with Gasteiger partial charge in [0, 0.05) is 5.56 Å². The first kappa shape index (κ1) is 16.0. The second-order valence-electron chi connectivity index (χ2n) is 6.33. The fourth-order valence-electron chi connectivity index (χ4n) is 2.64. The lowest BCUT2D eigenvalue weighted by Crippen LogP contribution is -2.32. The Balaban J connectivity index is 2.04. The van der Waals surface area contributed by atoms with Gasteiger partial charge in [0.05, 0.1) is 5.70 Å². The van der Waals surface area contributed by atoms with Crippen LogP contribution >= 0.6 is 0 Å². The van der Waals surface area contributed by atoms with Crippen molar-refractivity contribution >= 4 is 18.1 Å². The van der Waals surface area contributed by atoms with Gasteiger partial charge in [-0.1, -0.05) is 48.0 Å². The third kappa shape index (κ3) is 2.95. The van der Waals surface area contributed by atoms with Crippen molar-refractivity contribution in [3.63, 3.8) is 0 Å². The van der Waals surface area contributed by atoms with Crippen molar-refractivity contribution in [1.29, 1.82) is 0 Å². The van der Waals surface area contributed by atoms with Crippen LogP contribution in [0.15, 0.2) is 60.3 Å². The SMILES string of the molecule is Cc1ccc(/C=C2\N(C(=O)c3ccccc3)C(=O)OC2(C)C)cc1. The highest BCUT2D eigenvalue weighted by Crippen LogP contribution is 2.35. The molecule has 1 fully saturated rings. The van der Waals surface area contributed by atoms with Crippen molar-refractivity contribution < 1.29 is 14.3 Å². The van der Waals surface area contributed by atoms with Crippen molar-refractivity contribution in [1.82, 2.24) is 4.90 Å². The topological polar surface area (TPSA) is 46.6 Å². The molecule has 1 saturated heterocycles. The maximum atomic E-state index is 12.8. The summed E-state index contributed by atoms with van der Waals surface area (Å²) in [6, 6.07) is 16.6. The van der Waals surface area contributed by atoms with E-state index in [9.17, 15) is 9.59 Å². The number of cyclic esters (lactones) is 1. The van der Waals surface area contributed by atoms with Crippen LogP contribution in [0.3, 0.4) is 0 Å². The Hall–Kier alpha value is -2.88. The number of imide groups is 1. The average molecular weight is 321 g/mol. The molecule has 2 amide bonds. The van der Waals surface area contributed by atoms with Gasteiger partial charge < -0.3 is 4.74 Å². The number of aryl methyl sites for hydroxylation is 1. The zero-order valence-electron chi connectivity index (χ0n) is 13.9. The minimum Gasteiger partial charge on any atom is -0.436 e. The van der Waals surface area contributed by atoms with Crippen LogP contribution in [0.4, 0.5) is 4.79 Å². The summed E-state index contributed by atoms with van der Waals surface area (Å²) in [7, 11) is 0. The van der Waals surface area contributed by atoms with Gasteiger partial charge in [-0.2, -0.15) is 0 Å². The summed E-state index contributed by atoms with van der Waals surface area (Å²) in [6.45, 7) is 5.57. The zero-order valence-corrected chi connectivity index (χ0v) is 13.9. The molecule has 1 aliphatic heterocycles. The Kier molecular flexibility index (Phi) is 3.97. The molecule has 4 heteroatoms. The van der Waals surface area contributed by atoms with E-state index < -0.39 is 11.7 Å². The predicted molar refractivity (Wildman–Crippen MR) is 92.3 cm³/mol.